The predicted molar refractivity (Wildman–Crippen MR) is 68.5 cm³/mol. The van der Waals surface area contributed by atoms with E-state index in [0.29, 0.717) is 25.0 Å². The summed E-state index contributed by atoms with van der Waals surface area (Å²) in [5, 5.41) is 3.98. The van der Waals surface area contributed by atoms with Gasteiger partial charge in [-0.2, -0.15) is 4.98 Å². The molecule has 0 saturated heterocycles. The SMILES string of the molecule is CCCN(CC(=O)OCC)Cc1nc(C2CC2)no1. The molecule has 0 aliphatic heterocycles. The molecule has 0 N–H and O–H groups in total. The molecule has 1 aliphatic rings. The van der Waals surface area contributed by atoms with Gasteiger partial charge in [0.1, 0.15) is 0 Å². The Labute approximate surface area is 113 Å². The second-order valence-corrected chi connectivity index (χ2v) is 4.84. The summed E-state index contributed by atoms with van der Waals surface area (Å²) in [6.07, 6.45) is 3.27. The van der Waals surface area contributed by atoms with Gasteiger partial charge < -0.3 is 9.26 Å². The molecular weight excluding hydrogens is 246 g/mol. The van der Waals surface area contributed by atoms with Crippen LogP contribution in [0, 0.1) is 0 Å². The lowest BCUT2D eigenvalue weighted by Gasteiger charge is -2.18. The highest BCUT2D eigenvalue weighted by Crippen LogP contribution is 2.38. The Hall–Kier alpha value is -1.43. The van der Waals surface area contributed by atoms with Crippen LogP contribution in [-0.4, -0.2) is 40.7 Å². The van der Waals surface area contributed by atoms with Crippen molar-refractivity contribution in [3.63, 3.8) is 0 Å². The summed E-state index contributed by atoms with van der Waals surface area (Å²) in [6.45, 7) is 5.86. The molecule has 1 saturated carbocycles. The lowest BCUT2D eigenvalue weighted by atomic mass is 10.4. The molecule has 0 unspecified atom stereocenters. The van der Waals surface area contributed by atoms with E-state index in [1.165, 1.54) is 0 Å². The van der Waals surface area contributed by atoms with Crippen LogP contribution in [0.5, 0.6) is 0 Å². The highest BCUT2D eigenvalue weighted by atomic mass is 16.5. The molecule has 0 radical (unpaired) electrons. The van der Waals surface area contributed by atoms with Gasteiger partial charge >= 0.3 is 5.97 Å². The van der Waals surface area contributed by atoms with E-state index in [4.69, 9.17) is 9.26 Å². The van der Waals surface area contributed by atoms with Gasteiger partial charge in [0, 0.05) is 5.92 Å². The third-order valence-electron chi connectivity index (χ3n) is 2.98. The van der Waals surface area contributed by atoms with E-state index < -0.39 is 0 Å². The van der Waals surface area contributed by atoms with E-state index in [9.17, 15) is 4.79 Å². The third-order valence-corrected chi connectivity index (χ3v) is 2.98. The van der Waals surface area contributed by atoms with E-state index in [1.807, 2.05) is 11.8 Å². The molecule has 0 atom stereocenters. The van der Waals surface area contributed by atoms with Crippen LogP contribution < -0.4 is 0 Å². The normalized spacial score (nSPS) is 14.9. The number of carbonyl (C=O) groups excluding carboxylic acids is 1. The van der Waals surface area contributed by atoms with Gasteiger partial charge in [-0.15, -0.1) is 0 Å². The zero-order valence-corrected chi connectivity index (χ0v) is 11.6. The number of rotatable bonds is 8. The quantitative estimate of drug-likeness (QED) is 0.668. The van der Waals surface area contributed by atoms with Crippen LogP contribution >= 0.6 is 0 Å². The molecule has 1 aromatic heterocycles. The lowest BCUT2D eigenvalue weighted by Crippen LogP contribution is -2.31. The van der Waals surface area contributed by atoms with Crippen molar-refractivity contribution in [3.8, 4) is 0 Å². The topological polar surface area (TPSA) is 68.5 Å². The van der Waals surface area contributed by atoms with Crippen molar-refractivity contribution in [2.75, 3.05) is 19.7 Å². The molecule has 0 amide bonds. The summed E-state index contributed by atoms with van der Waals surface area (Å²) >= 11 is 0. The van der Waals surface area contributed by atoms with Gasteiger partial charge in [0.05, 0.1) is 19.7 Å². The fraction of sp³-hybridized carbons (Fsp3) is 0.769. The number of carbonyl (C=O) groups is 1. The highest BCUT2D eigenvalue weighted by molar-refractivity contribution is 5.71. The first-order valence-corrected chi connectivity index (χ1v) is 6.93. The second-order valence-electron chi connectivity index (χ2n) is 4.84. The third kappa shape index (κ3) is 4.31. The molecular formula is C13H21N3O3. The smallest absolute Gasteiger partial charge is 0.320 e. The fourth-order valence-corrected chi connectivity index (χ4v) is 1.95. The molecule has 0 spiro atoms. The summed E-state index contributed by atoms with van der Waals surface area (Å²) in [4.78, 5) is 17.9. The fourth-order valence-electron chi connectivity index (χ4n) is 1.95. The number of nitrogens with zero attached hydrogens (tertiary/aromatic N) is 3. The first-order valence-electron chi connectivity index (χ1n) is 6.93. The molecule has 2 rings (SSSR count). The van der Waals surface area contributed by atoms with Crippen LogP contribution in [0.15, 0.2) is 4.52 Å². The molecule has 6 heteroatoms. The molecule has 1 fully saturated rings. The molecule has 0 bridgehead atoms. The monoisotopic (exact) mass is 267 g/mol. The largest absolute Gasteiger partial charge is 0.465 e. The molecule has 0 aromatic carbocycles. The van der Waals surface area contributed by atoms with Gasteiger partial charge in [0.15, 0.2) is 5.82 Å². The van der Waals surface area contributed by atoms with Crippen molar-refractivity contribution in [2.24, 2.45) is 0 Å². The maximum atomic E-state index is 11.5. The Balaban J connectivity index is 1.88. The Kier molecular flexibility index (Phi) is 4.90. The Morgan fingerprint density at radius 1 is 1.47 bits per heavy atom. The van der Waals surface area contributed by atoms with Crippen molar-refractivity contribution in [1.29, 1.82) is 0 Å². The van der Waals surface area contributed by atoms with Gasteiger partial charge in [-0.1, -0.05) is 12.1 Å². The highest BCUT2D eigenvalue weighted by Gasteiger charge is 2.29. The molecule has 1 aliphatic carbocycles. The second kappa shape index (κ2) is 6.65. The summed E-state index contributed by atoms with van der Waals surface area (Å²) in [7, 11) is 0. The predicted octanol–water partition coefficient (Wildman–Crippen LogP) is 1.72. The number of aromatic nitrogens is 2. The molecule has 1 aromatic rings. The first kappa shape index (κ1) is 14.0. The Morgan fingerprint density at radius 2 is 2.26 bits per heavy atom. The Morgan fingerprint density at radius 3 is 2.89 bits per heavy atom. The lowest BCUT2D eigenvalue weighted by molar-refractivity contribution is -0.144. The van der Waals surface area contributed by atoms with Crippen molar-refractivity contribution in [2.45, 2.75) is 45.6 Å². The number of hydrogen-bond donors (Lipinski definition) is 0. The van der Waals surface area contributed by atoms with Crippen LogP contribution in [-0.2, 0) is 16.1 Å². The summed E-state index contributed by atoms with van der Waals surface area (Å²) in [5.74, 6) is 1.67. The van der Waals surface area contributed by atoms with Gasteiger partial charge in [0.25, 0.3) is 0 Å². The minimum atomic E-state index is -0.210. The van der Waals surface area contributed by atoms with Crippen molar-refractivity contribution >= 4 is 5.97 Å². The average molecular weight is 267 g/mol. The maximum Gasteiger partial charge on any atom is 0.320 e. The van der Waals surface area contributed by atoms with Crippen LogP contribution in [0.2, 0.25) is 0 Å². The van der Waals surface area contributed by atoms with Gasteiger partial charge in [-0.05, 0) is 32.7 Å². The summed E-state index contributed by atoms with van der Waals surface area (Å²) in [6, 6.07) is 0. The standard InChI is InChI=1S/C13H21N3O3/c1-3-7-16(9-12(17)18-4-2)8-11-14-13(15-19-11)10-5-6-10/h10H,3-9H2,1-2H3. The van der Waals surface area contributed by atoms with Crippen molar-refractivity contribution in [1.82, 2.24) is 15.0 Å². The van der Waals surface area contributed by atoms with E-state index in [1.54, 1.807) is 0 Å². The summed E-state index contributed by atoms with van der Waals surface area (Å²) < 4.78 is 10.2. The average Bonchev–Trinajstić information content (AvgIpc) is 3.11. The van der Waals surface area contributed by atoms with E-state index >= 15 is 0 Å². The Bertz CT molecular complexity index is 415. The van der Waals surface area contributed by atoms with Gasteiger partial charge in [-0.3, -0.25) is 9.69 Å². The minimum Gasteiger partial charge on any atom is -0.465 e. The number of ether oxygens (including phenoxy) is 1. The zero-order chi connectivity index (χ0) is 13.7. The van der Waals surface area contributed by atoms with Crippen molar-refractivity contribution < 1.29 is 14.1 Å². The molecule has 19 heavy (non-hydrogen) atoms. The maximum absolute atomic E-state index is 11.5. The van der Waals surface area contributed by atoms with Crippen molar-refractivity contribution in [3.05, 3.63) is 11.7 Å². The zero-order valence-electron chi connectivity index (χ0n) is 11.6. The van der Waals surface area contributed by atoms with Crippen LogP contribution in [0.1, 0.15) is 50.7 Å². The molecule has 6 nitrogen and oxygen atoms in total. The van der Waals surface area contributed by atoms with Gasteiger partial charge in [-0.25, -0.2) is 0 Å². The van der Waals surface area contributed by atoms with E-state index in [2.05, 4.69) is 17.1 Å². The number of esters is 1. The number of hydrogen-bond acceptors (Lipinski definition) is 6. The van der Waals surface area contributed by atoms with Crippen LogP contribution in [0.4, 0.5) is 0 Å². The summed E-state index contributed by atoms with van der Waals surface area (Å²) in [5.41, 5.74) is 0. The van der Waals surface area contributed by atoms with Crippen LogP contribution in [0.3, 0.4) is 0 Å². The molecule has 106 valence electrons. The van der Waals surface area contributed by atoms with Crippen LogP contribution in [0.25, 0.3) is 0 Å². The molecule has 1 heterocycles. The van der Waals surface area contributed by atoms with Gasteiger partial charge in [0.2, 0.25) is 5.89 Å². The minimum absolute atomic E-state index is 0.210. The van der Waals surface area contributed by atoms with E-state index in [-0.39, 0.29) is 12.5 Å². The first-order chi connectivity index (χ1) is 9.22. The van der Waals surface area contributed by atoms with E-state index in [0.717, 1.165) is 31.6 Å².